The molecule has 2 saturated carbocycles. The molecule has 0 radical (unpaired) electrons. The van der Waals surface area contributed by atoms with Crippen molar-refractivity contribution in [2.75, 3.05) is 0 Å². The standard InChI is InChI=1S/C14H23N3/c1-11-4-2-3-5-14(11)17-9-13(16-10-17)8-15-12-6-7-12/h9-12,14-15H,2-8H2,1H3. The van der Waals surface area contributed by atoms with Gasteiger partial charge in [0.15, 0.2) is 0 Å². The highest BCUT2D eigenvalue weighted by Gasteiger charge is 2.23. The van der Waals surface area contributed by atoms with Crippen LogP contribution in [0, 0.1) is 5.92 Å². The zero-order valence-electron chi connectivity index (χ0n) is 10.7. The van der Waals surface area contributed by atoms with Crippen molar-refractivity contribution < 1.29 is 0 Å². The first kappa shape index (κ1) is 11.3. The molecule has 2 unspecified atom stereocenters. The molecule has 1 N–H and O–H groups in total. The van der Waals surface area contributed by atoms with Gasteiger partial charge < -0.3 is 9.88 Å². The fourth-order valence-corrected chi connectivity index (χ4v) is 2.93. The van der Waals surface area contributed by atoms with Crippen molar-refractivity contribution >= 4 is 0 Å². The molecule has 94 valence electrons. The van der Waals surface area contributed by atoms with E-state index in [0.29, 0.717) is 6.04 Å². The Balaban J connectivity index is 1.61. The number of nitrogens with zero attached hydrogens (tertiary/aromatic N) is 2. The van der Waals surface area contributed by atoms with E-state index >= 15 is 0 Å². The molecule has 17 heavy (non-hydrogen) atoms. The molecular formula is C14H23N3. The molecule has 0 bridgehead atoms. The summed E-state index contributed by atoms with van der Waals surface area (Å²) in [5.41, 5.74) is 1.20. The number of rotatable bonds is 4. The van der Waals surface area contributed by atoms with Crippen molar-refractivity contribution in [1.29, 1.82) is 0 Å². The molecule has 2 atom stereocenters. The van der Waals surface area contributed by atoms with Crippen molar-refractivity contribution in [3.63, 3.8) is 0 Å². The van der Waals surface area contributed by atoms with Crippen LogP contribution in [0.4, 0.5) is 0 Å². The summed E-state index contributed by atoms with van der Waals surface area (Å²) in [6.07, 6.45) is 12.5. The van der Waals surface area contributed by atoms with E-state index in [2.05, 4.69) is 28.0 Å². The first-order chi connectivity index (χ1) is 8.33. The number of nitrogens with one attached hydrogen (secondary N) is 1. The fraction of sp³-hybridized carbons (Fsp3) is 0.786. The van der Waals surface area contributed by atoms with Gasteiger partial charge in [-0.3, -0.25) is 0 Å². The lowest BCUT2D eigenvalue weighted by molar-refractivity contribution is 0.257. The highest BCUT2D eigenvalue weighted by molar-refractivity contribution is 5.00. The number of hydrogen-bond donors (Lipinski definition) is 1. The van der Waals surface area contributed by atoms with Crippen LogP contribution >= 0.6 is 0 Å². The van der Waals surface area contributed by atoms with Gasteiger partial charge in [0.05, 0.1) is 12.0 Å². The minimum absolute atomic E-state index is 0.686. The molecule has 0 saturated heterocycles. The van der Waals surface area contributed by atoms with Crippen molar-refractivity contribution in [2.45, 2.75) is 64.1 Å². The fourth-order valence-electron chi connectivity index (χ4n) is 2.93. The summed E-state index contributed by atoms with van der Waals surface area (Å²) in [4.78, 5) is 4.53. The molecular weight excluding hydrogens is 210 g/mol. The van der Waals surface area contributed by atoms with Crippen LogP contribution in [0.3, 0.4) is 0 Å². The second-order valence-electron chi connectivity index (χ2n) is 5.80. The van der Waals surface area contributed by atoms with E-state index < -0.39 is 0 Å². The van der Waals surface area contributed by atoms with Crippen molar-refractivity contribution in [2.24, 2.45) is 5.92 Å². The molecule has 1 heterocycles. The van der Waals surface area contributed by atoms with Gasteiger partial charge in [-0.2, -0.15) is 0 Å². The second kappa shape index (κ2) is 4.81. The van der Waals surface area contributed by atoms with Gasteiger partial charge >= 0.3 is 0 Å². The molecule has 0 aliphatic heterocycles. The highest BCUT2D eigenvalue weighted by Crippen LogP contribution is 2.33. The summed E-state index contributed by atoms with van der Waals surface area (Å²) in [6.45, 7) is 3.32. The molecule has 3 heteroatoms. The van der Waals surface area contributed by atoms with Crippen molar-refractivity contribution in [3.05, 3.63) is 18.2 Å². The molecule has 1 aromatic heterocycles. The van der Waals surface area contributed by atoms with Crippen molar-refractivity contribution in [1.82, 2.24) is 14.9 Å². The molecule has 3 rings (SSSR count). The van der Waals surface area contributed by atoms with Gasteiger partial charge in [0.25, 0.3) is 0 Å². The Bertz CT molecular complexity index is 367. The maximum atomic E-state index is 4.53. The average Bonchev–Trinajstić information content (AvgIpc) is 3.06. The Morgan fingerprint density at radius 2 is 2.12 bits per heavy atom. The summed E-state index contributed by atoms with van der Waals surface area (Å²) in [7, 11) is 0. The maximum Gasteiger partial charge on any atom is 0.0952 e. The van der Waals surface area contributed by atoms with Crippen LogP contribution in [-0.2, 0) is 6.54 Å². The molecule has 0 spiro atoms. The zero-order chi connectivity index (χ0) is 11.7. The van der Waals surface area contributed by atoms with E-state index in [1.165, 1.54) is 44.2 Å². The normalized spacial score (nSPS) is 29.5. The molecule has 2 aliphatic rings. The predicted octanol–water partition coefficient (Wildman–Crippen LogP) is 2.89. The Morgan fingerprint density at radius 1 is 1.29 bits per heavy atom. The average molecular weight is 233 g/mol. The van der Waals surface area contributed by atoms with Crippen LogP contribution in [-0.4, -0.2) is 15.6 Å². The summed E-state index contributed by atoms with van der Waals surface area (Å²) in [6, 6.07) is 1.46. The lowest BCUT2D eigenvalue weighted by Crippen LogP contribution is -2.20. The monoisotopic (exact) mass is 233 g/mol. The second-order valence-corrected chi connectivity index (χ2v) is 5.80. The van der Waals surface area contributed by atoms with E-state index in [0.717, 1.165) is 18.5 Å². The van der Waals surface area contributed by atoms with E-state index in [1.54, 1.807) is 0 Å². The van der Waals surface area contributed by atoms with E-state index in [9.17, 15) is 0 Å². The molecule has 2 aliphatic carbocycles. The van der Waals surface area contributed by atoms with Gasteiger partial charge in [-0.05, 0) is 31.6 Å². The van der Waals surface area contributed by atoms with Gasteiger partial charge in [0, 0.05) is 24.8 Å². The molecule has 0 amide bonds. The Morgan fingerprint density at radius 3 is 2.88 bits per heavy atom. The van der Waals surface area contributed by atoms with E-state index in [1.807, 2.05) is 6.33 Å². The van der Waals surface area contributed by atoms with Gasteiger partial charge in [0.1, 0.15) is 0 Å². The van der Waals surface area contributed by atoms with Gasteiger partial charge in [-0.25, -0.2) is 4.98 Å². The molecule has 1 aromatic rings. The quantitative estimate of drug-likeness (QED) is 0.866. The minimum Gasteiger partial charge on any atom is -0.334 e. The van der Waals surface area contributed by atoms with Crippen molar-refractivity contribution in [3.8, 4) is 0 Å². The predicted molar refractivity (Wildman–Crippen MR) is 68.8 cm³/mol. The first-order valence-electron chi connectivity index (χ1n) is 7.08. The molecule has 0 aromatic carbocycles. The summed E-state index contributed by atoms with van der Waals surface area (Å²) < 4.78 is 2.35. The Labute approximate surface area is 104 Å². The third kappa shape index (κ3) is 2.71. The lowest BCUT2D eigenvalue weighted by Gasteiger charge is -2.29. The maximum absolute atomic E-state index is 4.53. The lowest BCUT2D eigenvalue weighted by atomic mass is 9.86. The number of hydrogen-bond acceptors (Lipinski definition) is 2. The van der Waals surface area contributed by atoms with Gasteiger partial charge in [0.2, 0.25) is 0 Å². The Kier molecular flexibility index (Phi) is 3.19. The van der Waals surface area contributed by atoms with Crippen LogP contribution in [0.25, 0.3) is 0 Å². The van der Waals surface area contributed by atoms with E-state index in [-0.39, 0.29) is 0 Å². The highest BCUT2D eigenvalue weighted by atomic mass is 15.1. The Hall–Kier alpha value is -0.830. The summed E-state index contributed by atoms with van der Waals surface area (Å²) in [5.74, 6) is 0.808. The zero-order valence-corrected chi connectivity index (χ0v) is 10.7. The number of aromatic nitrogens is 2. The van der Waals surface area contributed by atoms with E-state index in [4.69, 9.17) is 0 Å². The van der Waals surface area contributed by atoms with Crippen LogP contribution < -0.4 is 5.32 Å². The summed E-state index contributed by atoms with van der Waals surface area (Å²) in [5, 5.41) is 3.52. The third-order valence-electron chi connectivity index (χ3n) is 4.25. The molecule has 2 fully saturated rings. The topological polar surface area (TPSA) is 29.9 Å². The first-order valence-corrected chi connectivity index (χ1v) is 7.08. The van der Waals surface area contributed by atoms with Crippen LogP contribution in [0.1, 0.15) is 57.2 Å². The SMILES string of the molecule is CC1CCCCC1n1cnc(CNC2CC2)c1. The third-order valence-corrected chi connectivity index (χ3v) is 4.25. The van der Waals surface area contributed by atoms with Crippen LogP contribution in [0.2, 0.25) is 0 Å². The summed E-state index contributed by atoms with van der Waals surface area (Å²) >= 11 is 0. The van der Waals surface area contributed by atoms with Crippen LogP contribution in [0.15, 0.2) is 12.5 Å². The van der Waals surface area contributed by atoms with Gasteiger partial charge in [-0.15, -0.1) is 0 Å². The minimum atomic E-state index is 0.686. The molecule has 3 nitrogen and oxygen atoms in total. The van der Waals surface area contributed by atoms with Gasteiger partial charge in [-0.1, -0.05) is 19.8 Å². The number of imidazole rings is 1. The van der Waals surface area contributed by atoms with Crippen LogP contribution in [0.5, 0.6) is 0 Å². The largest absolute Gasteiger partial charge is 0.334 e. The smallest absolute Gasteiger partial charge is 0.0952 e.